The molecule has 5 heteroatoms. The summed E-state index contributed by atoms with van der Waals surface area (Å²) in [5.74, 6) is -1.52. The zero-order valence-electron chi connectivity index (χ0n) is 9.89. The first kappa shape index (κ1) is 11.5. The Kier molecular flexibility index (Phi) is 2.52. The maximum absolute atomic E-state index is 12.2. The highest BCUT2D eigenvalue weighted by atomic mass is 16.5. The van der Waals surface area contributed by atoms with Crippen LogP contribution in [0, 0.1) is 11.3 Å². The number of hydrogen-bond acceptors (Lipinski definition) is 4. The fraction of sp³-hybridized carbons (Fsp3) is 0.538. The molecule has 2 N–H and O–H groups in total. The lowest BCUT2D eigenvalue weighted by molar-refractivity contribution is -0.142. The average molecular weight is 249 g/mol. The van der Waals surface area contributed by atoms with E-state index in [2.05, 4.69) is 5.32 Å². The van der Waals surface area contributed by atoms with Gasteiger partial charge in [-0.3, -0.25) is 14.9 Å². The van der Waals surface area contributed by atoms with E-state index in [1.807, 2.05) is 0 Å². The molecule has 3 atom stereocenters. The number of amides is 2. The van der Waals surface area contributed by atoms with Crippen LogP contribution in [-0.2, 0) is 14.3 Å². The summed E-state index contributed by atoms with van der Waals surface area (Å²) in [6.45, 7) is 0.567. The van der Waals surface area contributed by atoms with Crippen molar-refractivity contribution >= 4 is 11.8 Å². The van der Waals surface area contributed by atoms with E-state index in [0.29, 0.717) is 13.0 Å². The molecule has 0 saturated carbocycles. The van der Waals surface area contributed by atoms with Gasteiger partial charge >= 0.3 is 0 Å². The van der Waals surface area contributed by atoms with Crippen LogP contribution in [0.5, 0.6) is 0 Å². The number of nitrogens with one attached hydrogen (secondary N) is 1. The topological polar surface area (TPSA) is 75.6 Å². The molecular formula is C13H15NO4. The number of aliphatic hydroxyl groups is 1. The molecule has 2 heterocycles. The fourth-order valence-corrected chi connectivity index (χ4v) is 3.16. The van der Waals surface area contributed by atoms with Crippen LogP contribution in [0.15, 0.2) is 24.0 Å². The van der Waals surface area contributed by atoms with E-state index in [1.165, 1.54) is 6.08 Å². The lowest BCUT2D eigenvalue weighted by Crippen LogP contribution is -2.50. The lowest BCUT2D eigenvalue weighted by atomic mass is 9.67. The van der Waals surface area contributed by atoms with E-state index in [-0.39, 0.29) is 11.7 Å². The molecule has 1 aliphatic carbocycles. The number of ether oxygens (including phenoxy) is 1. The summed E-state index contributed by atoms with van der Waals surface area (Å²) < 4.78 is 5.66. The van der Waals surface area contributed by atoms with Gasteiger partial charge in [0.05, 0.1) is 12.0 Å². The van der Waals surface area contributed by atoms with Crippen molar-refractivity contribution in [2.75, 3.05) is 6.61 Å². The monoisotopic (exact) mass is 249 g/mol. The third kappa shape index (κ3) is 1.31. The van der Waals surface area contributed by atoms with Crippen molar-refractivity contribution in [1.29, 1.82) is 0 Å². The SMILES string of the molecule is O=C1NC(=O)C2(C3CCCCO3)C(O)=CC=CC12. The molecule has 5 nitrogen and oxygen atoms in total. The van der Waals surface area contributed by atoms with Crippen LogP contribution in [0.2, 0.25) is 0 Å². The molecule has 0 aromatic rings. The number of aliphatic hydroxyl groups excluding tert-OH is 1. The van der Waals surface area contributed by atoms with Crippen LogP contribution in [0.4, 0.5) is 0 Å². The highest BCUT2D eigenvalue weighted by Crippen LogP contribution is 2.48. The van der Waals surface area contributed by atoms with E-state index >= 15 is 0 Å². The second kappa shape index (κ2) is 3.95. The number of allylic oxidation sites excluding steroid dienone is 2. The lowest BCUT2D eigenvalue weighted by Gasteiger charge is -2.40. The summed E-state index contributed by atoms with van der Waals surface area (Å²) in [5.41, 5.74) is -1.24. The predicted molar refractivity (Wildman–Crippen MR) is 62.5 cm³/mol. The molecule has 0 radical (unpaired) electrons. The van der Waals surface area contributed by atoms with Gasteiger partial charge in [0.1, 0.15) is 11.2 Å². The average Bonchev–Trinajstić information content (AvgIpc) is 2.65. The highest BCUT2D eigenvalue weighted by Gasteiger charge is 2.62. The third-order valence-corrected chi connectivity index (χ3v) is 4.05. The van der Waals surface area contributed by atoms with Crippen molar-refractivity contribution in [2.24, 2.45) is 11.3 Å². The zero-order chi connectivity index (χ0) is 12.8. The molecule has 3 rings (SSSR count). The van der Waals surface area contributed by atoms with Gasteiger partial charge in [0.15, 0.2) is 0 Å². The highest BCUT2D eigenvalue weighted by molar-refractivity contribution is 6.10. The van der Waals surface area contributed by atoms with Gasteiger partial charge < -0.3 is 9.84 Å². The molecule has 0 aromatic heterocycles. The maximum atomic E-state index is 12.2. The van der Waals surface area contributed by atoms with E-state index in [4.69, 9.17) is 4.74 Å². The van der Waals surface area contributed by atoms with Gasteiger partial charge in [-0.2, -0.15) is 0 Å². The summed E-state index contributed by atoms with van der Waals surface area (Å²) >= 11 is 0. The Balaban J connectivity index is 2.08. The van der Waals surface area contributed by atoms with Crippen molar-refractivity contribution in [3.63, 3.8) is 0 Å². The summed E-state index contributed by atoms with van der Waals surface area (Å²) in [6.07, 6.45) is 6.90. The summed E-state index contributed by atoms with van der Waals surface area (Å²) in [4.78, 5) is 24.0. The summed E-state index contributed by atoms with van der Waals surface area (Å²) in [5, 5.41) is 12.5. The molecule has 96 valence electrons. The standard InChI is InChI=1S/C13H15NO4/c15-9-5-3-4-8-11(16)14-12(17)13(8,9)10-6-1-2-7-18-10/h3-5,8,10,15H,1-2,6-7H2,(H,14,16,17). The second-order valence-electron chi connectivity index (χ2n) is 4.96. The van der Waals surface area contributed by atoms with Crippen molar-refractivity contribution in [1.82, 2.24) is 5.32 Å². The number of imide groups is 1. The van der Waals surface area contributed by atoms with E-state index in [1.54, 1.807) is 12.2 Å². The van der Waals surface area contributed by atoms with Gasteiger partial charge in [-0.05, 0) is 25.3 Å². The third-order valence-electron chi connectivity index (χ3n) is 4.05. The van der Waals surface area contributed by atoms with Crippen molar-refractivity contribution in [3.8, 4) is 0 Å². The van der Waals surface area contributed by atoms with Gasteiger partial charge in [0, 0.05) is 6.61 Å². The summed E-state index contributed by atoms with van der Waals surface area (Å²) in [6, 6.07) is 0. The first-order chi connectivity index (χ1) is 8.67. The molecule has 2 saturated heterocycles. The normalized spacial score (nSPS) is 39.2. The van der Waals surface area contributed by atoms with Gasteiger partial charge in [-0.1, -0.05) is 12.2 Å². The number of rotatable bonds is 1. The van der Waals surface area contributed by atoms with Crippen LogP contribution in [0.25, 0.3) is 0 Å². The maximum Gasteiger partial charge on any atom is 0.244 e. The Labute approximate surface area is 105 Å². The van der Waals surface area contributed by atoms with Crippen LogP contribution in [0.3, 0.4) is 0 Å². The van der Waals surface area contributed by atoms with Gasteiger partial charge in [-0.25, -0.2) is 0 Å². The van der Waals surface area contributed by atoms with Gasteiger partial charge in [0.25, 0.3) is 0 Å². The van der Waals surface area contributed by atoms with Crippen LogP contribution < -0.4 is 5.32 Å². The van der Waals surface area contributed by atoms with Crippen LogP contribution in [0.1, 0.15) is 19.3 Å². The minimum Gasteiger partial charge on any atom is -0.511 e. The van der Waals surface area contributed by atoms with Crippen LogP contribution in [-0.4, -0.2) is 29.6 Å². The molecule has 3 aliphatic rings. The Morgan fingerprint density at radius 2 is 2.22 bits per heavy atom. The first-order valence-corrected chi connectivity index (χ1v) is 6.22. The molecule has 18 heavy (non-hydrogen) atoms. The second-order valence-corrected chi connectivity index (χ2v) is 4.96. The van der Waals surface area contributed by atoms with Gasteiger partial charge in [-0.15, -0.1) is 0 Å². The molecule has 2 aliphatic heterocycles. The molecular weight excluding hydrogens is 234 g/mol. The smallest absolute Gasteiger partial charge is 0.244 e. The molecule has 2 amide bonds. The van der Waals surface area contributed by atoms with Gasteiger partial charge in [0.2, 0.25) is 11.8 Å². The zero-order valence-corrected chi connectivity index (χ0v) is 9.89. The Bertz CT molecular complexity index is 462. The quantitative estimate of drug-likeness (QED) is 0.675. The molecule has 3 unspecified atom stereocenters. The fourth-order valence-electron chi connectivity index (χ4n) is 3.16. The van der Waals surface area contributed by atoms with Crippen molar-refractivity contribution in [3.05, 3.63) is 24.0 Å². The van der Waals surface area contributed by atoms with E-state index < -0.39 is 23.3 Å². The summed E-state index contributed by atoms with van der Waals surface area (Å²) in [7, 11) is 0. The molecule has 0 spiro atoms. The van der Waals surface area contributed by atoms with E-state index in [0.717, 1.165) is 12.8 Å². The van der Waals surface area contributed by atoms with Crippen LogP contribution >= 0.6 is 0 Å². The number of carbonyl (C=O) groups is 2. The molecule has 0 bridgehead atoms. The van der Waals surface area contributed by atoms with Crippen molar-refractivity contribution < 1.29 is 19.4 Å². The number of fused-ring (bicyclic) bond motifs is 1. The minimum absolute atomic E-state index is 0.0646. The molecule has 0 aromatic carbocycles. The number of hydrogen-bond donors (Lipinski definition) is 2. The van der Waals surface area contributed by atoms with Crippen molar-refractivity contribution in [2.45, 2.75) is 25.4 Å². The van der Waals surface area contributed by atoms with E-state index in [9.17, 15) is 14.7 Å². The Morgan fingerprint density at radius 3 is 2.94 bits per heavy atom. The minimum atomic E-state index is -1.24. The Hall–Kier alpha value is -1.62. The number of carbonyl (C=O) groups excluding carboxylic acids is 2. The largest absolute Gasteiger partial charge is 0.511 e. The molecule has 2 fully saturated rings. The predicted octanol–water partition coefficient (Wildman–Crippen LogP) is 0.826. The first-order valence-electron chi connectivity index (χ1n) is 6.22. The Morgan fingerprint density at radius 1 is 1.39 bits per heavy atom.